The molecule has 2 aromatic rings. The maximum atomic E-state index is 13.7. The molecule has 0 spiro atoms. The van der Waals surface area contributed by atoms with Gasteiger partial charge < -0.3 is 14.7 Å². The van der Waals surface area contributed by atoms with Gasteiger partial charge in [0.2, 0.25) is 0 Å². The van der Waals surface area contributed by atoms with Crippen molar-refractivity contribution in [2.75, 3.05) is 0 Å². The highest BCUT2D eigenvalue weighted by Gasteiger charge is 2.15. The second kappa shape index (κ2) is 5.86. The van der Waals surface area contributed by atoms with Crippen LogP contribution in [0.25, 0.3) is 11.1 Å². The van der Waals surface area contributed by atoms with E-state index in [4.69, 9.17) is 10.0 Å². The van der Waals surface area contributed by atoms with Gasteiger partial charge >= 0.3 is 7.32 Å². The van der Waals surface area contributed by atoms with Gasteiger partial charge in [0.1, 0.15) is 5.75 Å². The highest BCUT2D eigenvalue weighted by atomic mass is 19.1. The van der Waals surface area contributed by atoms with Crippen LogP contribution < -0.4 is 4.65 Å². The second-order valence-corrected chi connectivity index (χ2v) is 4.14. The lowest BCUT2D eigenvalue weighted by Gasteiger charge is -2.08. The number of rotatable bonds is 4. The van der Waals surface area contributed by atoms with Crippen molar-refractivity contribution in [3.8, 4) is 16.9 Å². The molecule has 0 bridgehead atoms. The van der Waals surface area contributed by atoms with E-state index in [0.717, 1.165) is 12.0 Å². The Morgan fingerprint density at radius 2 is 1.68 bits per heavy atom. The van der Waals surface area contributed by atoms with Gasteiger partial charge in [0, 0.05) is 0 Å². The van der Waals surface area contributed by atoms with E-state index in [2.05, 4.69) is 11.6 Å². The van der Waals surface area contributed by atoms with Crippen LogP contribution in [-0.4, -0.2) is 17.4 Å². The van der Waals surface area contributed by atoms with E-state index in [1.807, 2.05) is 24.3 Å². The SMILES string of the molecule is CCc1ccc(-c2ccc(OB(O)O)c(F)c2)cc1. The van der Waals surface area contributed by atoms with E-state index in [9.17, 15) is 4.39 Å². The largest absolute Gasteiger partial charge is 0.707 e. The molecule has 0 saturated carbocycles. The third-order valence-electron chi connectivity index (χ3n) is 2.86. The van der Waals surface area contributed by atoms with Crippen LogP contribution in [0.5, 0.6) is 5.75 Å². The van der Waals surface area contributed by atoms with E-state index in [0.29, 0.717) is 5.56 Å². The summed E-state index contributed by atoms with van der Waals surface area (Å²) in [7, 11) is -2.02. The minimum absolute atomic E-state index is 0.191. The maximum Gasteiger partial charge on any atom is 0.707 e. The Morgan fingerprint density at radius 3 is 2.21 bits per heavy atom. The molecule has 98 valence electrons. The second-order valence-electron chi connectivity index (χ2n) is 4.14. The summed E-state index contributed by atoms with van der Waals surface area (Å²) in [6, 6.07) is 12.2. The van der Waals surface area contributed by atoms with Crippen molar-refractivity contribution in [1.29, 1.82) is 0 Å². The van der Waals surface area contributed by atoms with Crippen LogP contribution in [-0.2, 0) is 6.42 Å². The first kappa shape index (κ1) is 13.6. The standard InChI is InChI=1S/C14H14BFO3/c1-2-10-3-5-11(6-4-10)12-7-8-14(13(16)9-12)19-15(17)18/h3-9,17-18H,2H2,1H3. The molecule has 2 rings (SSSR count). The molecule has 2 N–H and O–H groups in total. The average molecular weight is 260 g/mol. The molecule has 0 atom stereocenters. The Balaban J connectivity index is 2.27. The maximum absolute atomic E-state index is 13.7. The smallest absolute Gasteiger partial charge is 0.510 e. The third kappa shape index (κ3) is 3.33. The zero-order valence-corrected chi connectivity index (χ0v) is 10.5. The highest BCUT2D eigenvalue weighted by Crippen LogP contribution is 2.26. The molecule has 0 amide bonds. The quantitative estimate of drug-likeness (QED) is 0.830. The lowest BCUT2D eigenvalue weighted by atomic mass is 10.0. The Bertz CT molecular complexity index is 555. The van der Waals surface area contributed by atoms with Crippen molar-refractivity contribution in [2.24, 2.45) is 0 Å². The van der Waals surface area contributed by atoms with E-state index in [1.165, 1.54) is 17.7 Å². The Hall–Kier alpha value is -1.85. The van der Waals surface area contributed by atoms with Crippen molar-refractivity contribution >= 4 is 7.32 Å². The topological polar surface area (TPSA) is 49.7 Å². The van der Waals surface area contributed by atoms with Crippen LogP contribution in [0.3, 0.4) is 0 Å². The van der Waals surface area contributed by atoms with Gasteiger partial charge in [-0.3, -0.25) is 0 Å². The fourth-order valence-corrected chi connectivity index (χ4v) is 1.82. The molecule has 0 radical (unpaired) electrons. The van der Waals surface area contributed by atoms with Crippen molar-refractivity contribution in [3.63, 3.8) is 0 Å². The summed E-state index contributed by atoms with van der Waals surface area (Å²) in [6.07, 6.45) is 0.954. The molecule has 5 heteroatoms. The molecular formula is C14H14BFO3. The summed E-state index contributed by atoms with van der Waals surface area (Å²) in [5.74, 6) is -0.825. The molecule has 0 heterocycles. The molecule has 0 fully saturated rings. The first-order valence-electron chi connectivity index (χ1n) is 6.02. The molecule has 2 aromatic carbocycles. The summed E-state index contributed by atoms with van der Waals surface area (Å²) in [5.41, 5.74) is 2.82. The van der Waals surface area contributed by atoms with Crippen LogP contribution >= 0.6 is 0 Å². The summed E-state index contributed by atoms with van der Waals surface area (Å²) >= 11 is 0. The number of halogens is 1. The molecule has 0 aliphatic carbocycles. The van der Waals surface area contributed by atoms with Crippen LogP contribution in [0.2, 0.25) is 0 Å². The van der Waals surface area contributed by atoms with Gasteiger partial charge in [-0.15, -0.1) is 0 Å². The number of benzene rings is 2. The molecule has 19 heavy (non-hydrogen) atoms. The lowest BCUT2D eigenvalue weighted by Crippen LogP contribution is -2.21. The first-order valence-corrected chi connectivity index (χ1v) is 6.02. The highest BCUT2D eigenvalue weighted by molar-refractivity contribution is 6.33. The van der Waals surface area contributed by atoms with Gasteiger partial charge in [-0.2, -0.15) is 0 Å². The van der Waals surface area contributed by atoms with E-state index < -0.39 is 13.1 Å². The van der Waals surface area contributed by atoms with Crippen molar-refractivity contribution in [1.82, 2.24) is 0 Å². The van der Waals surface area contributed by atoms with Gasteiger partial charge in [-0.05, 0) is 35.2 Å². The fraction of sp³-hybridized carbons (Fsp3) is 0.143. The molecular weight excluding hydrogens is 246 g/mol. The van der Waals surface area contributed by atoms with Crippen molar-refractivity contribution in [2.45, 2.75) is 13.3 Å². The minimum atomic E-state index is -2.02. The summed E-state index contributed by atoms with van der Waals surface area (Å²) in [6.45, 7) is 2.07. The summed E-state index contributed by atoms with van der Waals surface area (Å²) in [5, 5.41) is 17.3. The zero-order chi connectivity index (χ0) is 13.8. The average Bonchev–Trinajstić information content (AvgIpc) is 2.41. The van der Waals surface area contributed by atoms with Crippen LogP contribution in [0.4, 0.5) is 4.39 Å². The van der Waals surface area contributed by atoms with Crippen LogP contribution in [0, 0.1) is 5.82 Å². The van der Waals surface area contributed by atoms with E-state index in [-0.39, 0.29) is 5.75 Å². The van der Waals surface area contributed by atoms with Gasteiger partial charge in [0.05, 0.1) is 0 Å². The van der Waals surface area contributed by atoms with E-state index in [1.54, 1.807) is 6.07 Å². The summed E-state index contributed by atoms with van der Waals surface area (Å²) < 4.78 is 18.2. The van der Waals surface area contributed by atoms with Gasteiger partial charge in [-0.25, -0.2) is 4.39 Å². The molecule has 0 unspecified atom stereocenters. The van der Waals surface area contributed by atoms with Gasteiger partial charge in [0.25, 0.3) is 0 Å². The number of hydrogen-bond acceptors (Lipinski definition) is 3. The predicted molar refractivity (Wildman–Crippen MR) is 72.0 cm³/mol. The molecule has 0 aliphatic rings. The Labute approximate surface area is 111 Å². The fourth-order valence-electron chi connectivity index (χ4n) is 1.82. The third-order valence-corrected chi connectivity index (χ3v) is 2.86. The molecule has 0 aliphatic heterocycles. The minimum Gasteiger partial charge on any atom is -0.510 e. The predicted octanol–water partition coefficient (Wildman–Crippen LogP) is 2.40. The monoisotopic (exact) mass is 260 g/mol. The number of aryl methyl sites for hydroxylation is 1. The van der Waals surface area contributed by atoms with Gasteiger partial charge in [-0.1, -0.05) is 37.3 Å². The van der Waals surface area contributed by atoms with Gasteiger partial charge in [0.15, 0.2) is 5.82 Å². The molecule has 3 nitrogen and oxygen atoms in total. The molecule has 0 saturated heterocycles. The summed E-state index contributed by atoms with van der Waals surface area (Å²) in [4.78, 5) is 0. The van der Waals surface area contributed by atoms with Crippen molar-refractivity contribution < 1.29 is 19.1 Å². The van der Waals surface area contributed by atoms with Crippen LogP contribution in [0.1, 0.15) is 12.5 Å². The zero-order valence-electron chi connectivity index (χ0n) is 10.5. The molecule has 0 aromatic heterocycles. The Morgan fingerprint density at radius 1 is 1.05 bits per heavy atom. The Kier molecular flexibility index (Phi) is 4.19. The van der Waals surface area contributed by atoms with Crippen LogP contribution in [0.15, 0.2) is 42.5 Å². The van der Waals surface area contributed by atoms with E-state index >= 15 is 0 Å². The first-order chi connectivity index (χ1) is 9.10. The van der Waals surface area contributed by atoms with Crippen molar-refractivity contribution in [3.05, 3.63) is 53.8 Å². The number of hydrogen-bond donors (Lipinski definition) is 2. The normalized spacial score (nSPS) is 10.3. The lowest BCUT2D eigenvalue weighted by molar-refractivity contribution is 0.282.